The number of nitrogens with zero attached hydrogens (tertiary/aromatic N) is 3. The second kappa shape index (κ2) is 10.3. The number of carbonyl (C=O) groups excluding carboxylic acids is 2. The van der Waals surface area contributed by atoms with Crippen LogP contribution in [-0.4, -0.2) is 58.8 Å². The Kier molecular flexibility index (Phi) is 7.30. The molecular formula is C25H29FN4O5S. The molecule has 1 aromatic carbocycles. The number of esters is 1. The summed E-state index contributed by atoms with van der Waals surface area (Å²) < 4.78 is 30.8. The maximum absolute atomic E-state index is 14.2. The lowest BCUT2D eigenvalue weighted by Crippen LogP contribution is -2.46. The van der Waals surface area contributed by atoms with E-state index in [4.69, 9.17) is 14.2 Å². The van der Waals surface area contributed by atoms with Gasteiger partial charge in [-0.15, -0.1) is 11.3 Å². The number of ether oxygens (including phenoxy) is 3. The van der Waals surface area contributed by atoms with E-state index in [1.54, 1.807) is 17.9 Å². The molecule has 36 heavy (non-hydrogen) atoms. The Morgan fingerprint density at radius 2 is 2.03 bits per heavy atom. The summed E-state index contributed by atoms with van der Waals surface area (Å²) in [6.45, 7) is 8.16. The maximum atomic E-state index is 14.2. The zero-order chi connectivity index (χ0) is 26.0. The van der Waals surface area contributed by atoms with Crippen LogP contribution in [0, 0.1) is 12.7 Å². The lowest BCUT2D eigenvalue weighted by Gasteiger charge is -2.34. The molecule has 0 saturated carbocycles. The molecule has 11 heteroatoms. The number of anilines is 2. The van der Waals surface area contributed by atoms with Crippen molar-refractivity contribution in [2.24, 2.45) is 0 Å². The van der Waals surface area contributed by atoms with Gasteiger partial charge in [0.25, 0.3) is 0 Å². The largest absolute Gasteiger partial charge is 0.486 e. The highest BCUT2D eigenvalue weighted by Gasteiger charge is 2.29. The molecule has 2 aromatic heterocycles. The average molecular weight is 517 g/mol. The van der Waals surface area contributed by atoms with Gasteiger partial charge in [0.05, 0.1) is 24.7 Å². The van der Waals surface area contributed by atoms with Crippen LogP contribution in [0.25, 0.3) is 10.2 Å². The molecular weight excluding hydrogens is 487 g/mol. The van der Waals surface area contributed by atoms with Crippen LogP contribution >= 0.6 is 11.3 Å². The van der Waals surface area contributed by atoms with E-state index in [1.807, 2.05) is 20.8 Å². The topological polar surface area (TPSA) is 103 Å². The highest BCUT2D eigenvalue weighted by atomic mass is 32.1. The molecule has 9 nitrogen and oxygen atoms in total. The fourth-order valence-electron chi connectivity index (χ4n) is 3.98. The Bertz CT molecular complexity index is 1290. The number of hydrogen-bond donors (Lipinski definition) is 1. The zero-order valence-electron chi connectivity index (χ0n) is 20.9. The molecule has 3 heterocycles. The number of benzene rings is 1. The number of halogens is 1. The van der Waals surface area contributed by atoms with Crippen molar-refractivity contribution < 1.29 is 28.2 Å². The molecule has 0 radical (unpaired) electrons. The highest BCUT2D eigenvalue weighted by molar-refractivity contribution is 7.20. The van der Waals surface area contributed by atoms with E-state index in [9.17, 15) is 14.0 Å². The van der Waals surface area contributed by atoms with Crippen LogP contribution in [-0.2, 0) is 9.47 Å². The Hall–Kier alpha value is -3.47. The number of likely N-dealkylation sites (tertiary alicyclic amines) is 1. The molecule has 1 saturated heterocycles. The molecule has 0 aliphatic carbocycles. The molecule has 0 bridgehead atoms. The summed E-state index contributed by atoms with van der Waals surface area (Å²) in [6, 6.07) is 4.19. The van der Waals surface area contributed by atoms with Crippen molar-refractivity contribution in [3.63, 3.8) is 0 Å². The normalized spacial score (nSPS) is 16.1. The van der Waals surface area contributed by atoms with Crippen LogP contribution in [0.2, 0.25) is 0 Å². The van der Waals surface area contributed by atoms with Crippen molar-refractivity contribution in [1.29, 1.82) is 0 Å². The molecule has 3 aromatic rings. The first-order valence-electron chi connectivity index (χ1n) is 11.6. The summed E-state index contributed by atoms with van der Waals surface area (Å²) in [5.74, 6) is -0.153. The first kappa shape index (κ1) is 25.6. The number of fused-ring (bicyclic) bond motifs is 1. The van der Waals surface area contributed by atoms with E-state index in [0.29, 0.717) is 57.4 Å². The Morgan fingerprint density at radius 3 is 2.75 bits per heavy atom. The van der Waals surface area contributed by atoms with Crippen LogP contribution in [0.1, 0.15) is 48.8 Å². The van der Waals surface area contributed by atoms with Crippen LogP contribution in [0.15, 0.2) is 24.5 Å². The van der Waals surface area contributed by atoms with Gasteiger partial charge in [0.15, 0.2) is 0 Å². The van der Waals surface area contributed by atoms with Crippen molar-refractivity contribution in [1.82, 2.24) is 14.9 Å². The van der Waals surface area contributed by atoms with Crippen molar-refractivity contribution in [2.45, 2.75) is 52.2 Å². The average Bonchev–Trinajstić information content (AvgIpc) is 3.17. The van der Waals surface area contributed by atoms with Gasteiger partial charge >= 0.3 is 12.1 Å². The second-order valence-electron chi connectivity index (χ2n) is 9.52. The number of rotatable bonds is 5. The number of methoxy groups -OCH3 is 1. The number of piperidine rings is 1. The summed E-state index contributed by atoms with van der Waals surface area (Å²) in [7, 11) is 1.33. The lowest BCUT2D eigenvalue weighted by atomic mass is 10.1. The van der Waals surface area contributed by atoms with Crippen LogP contribution in [0.4, 0.5) is 20.7 Å². The summed E-state index contributed by atoms with van der Waals surface area (Å²) >= 11 is 1.22. The Balaban J connectivity index is 1.58. The van der Waals surface area contributed by atoms with Gasteiger partial charge in [-0.2, -0.15) is 0 Å². The Labute approximate surface area is 212 Å². The van der Waals surface area contributed by atoms with Crippen molar-refractivity contribution >= 4 is 45.1 Å². The highest BCUT2D eigenvalue weighted by Crippen LogP contribution is 2.37. The van der Waals surface area contributed by atoms with Gasteiger partial charge in [0, 0.05) is 12.6 Å². The summed E-state index contributed by atoms with van der Waals surface area (Å²) in [6.07, 6.45) is 2.10. The first-order valence-corrected chi connectivity index (χ1v) is 12.4. The molecule has 1 amide bonds. The number of aromatic nitrogens is 2. The van der Waals surface area contributed by atoms with E-state index in [1.165, 1.54) is 36.9 Å². The van der Waals surface area contributed by atoms with Gasteiger partial charge in [-0.3, -0.25) is 0 Å². The van der Waals surface area contributed by atoms with E-state index in [0.717, 1.165) is 6.42 Å². The fourth-order valence-corrected chi connectivity index (χ4v) is 5.05. The first-order chi connectivity index (χ1) is 17.1. The van der Waals surface area contributed by atoms with E-state index >= 15 is 0 Å². The number of aryl methyl sites for hydroxylation is 1. The van der Waals surface area contributed by atoms with E-state index < -0.39 is 23.5 Å². The SMILES string of the molecule is COC(=O)c1sc2ncnc(Nc3ccc(F)cc3O[C@@H]3CCCN(C(=O)OC(C)(C)C)C3)c2c1C. The molecule has 1 fully saturated rings. The minimum Gasteiger partial charge on any atom is -0.486 e. The third-order valence-corrected chi connectivity index (χ3v) is 6.80. The minimum absolute atomic E-state index is 0.291. The lowest BCUT2D eigenvalue weighted by molar-refractivity contribution is 0.00780. The van der Waals surface area contributed by atoms with Crippen molar-refractivity contribution in [2.75, 3.05) is 25.5 Å². The molecule has 1 atom stereocenters. The van der Waals surface area contributed by atoms with Crippen LogP contribution in [0.3, 0.4) is 0 Å². The molecule has 1 N–H and O–H groups in total. The van der Waals surface area contributed by atoms with Crippen LogP contribution in [0.5, 0.6) is 5.75 Å². The van der Waals surface area contributed by atoms with E-state index in [-0.39, 0.29) is 6.10 Å². The van der Waals surface area contributed by atoms with Gasteiger partial charge in [0.2, 0.25) is 0 Å². The number of carbonyl (C=O) groups is 2. The molecule has 1 aliphatic rings. The molecule has 4 rings (SSSR count). The van der Waals surface area contributed by atoms with Crippen LogP contribution < -0.4 is 10.1 Å². The van der Waals surface area contributed by atoms with Gasteiger partial charge in [-0.05, 0) is 58.2 Å². The van der Waals surface area contributed by atoms with Crippen molar-refractivity contribution in [3.8, 4) is 5.75 Å². The molecule has 0 unspecified atom stereocenters. The smallest absolute Gasteiger partial charge is 0.410 e. The Morgan fingerprint density at radius 1 is 1.25 bits per heavy atom. The number of amides is 1. The molecule has 192 valence electrons. The number of thiophene rings is 1. The summed E-state index contributed by atoms with van der Waals surface area (Å²) in [5.41, 5.74) is 0.590. The van der Waals surface area contributed by atoms with Gasteiger partial charge in [0.1, 0.15) is 45.1 Å². The quantitative estimate of drug-likeness (QED) is 0.447. The van der Waals surface area contributed by atoms with Gasteiger partial charge < -0.3 is 24.4 Å². The second-order valence-corrected chi connectivity index (χ2v) is 10.5. The third kappa shape index (κ3) is 5.67. The predicted molar refractivity (Wildman–Crippen MR) is 135 cm³/mol. The molecule has 1 aliphatic heterocycles. The number of hydrogen-bond acceptors (Lipinski definition) is 9. The summed E-state index contributed by atoms with van der Waals surface area (Å²) in [4.78, 5) is 36.0. The fraction of sp³-hybridized carbons (Fsp3) is 0.440. The zero-order valence-corrected chi connectivity index (χ0v) is 21.7. The molecule has 0 spiro atoms. The monoisotopic (exact) mass is 516 g/mol. The number of nitrogens with one attached hydrogen (secondary N) is 1. The third-order valence-electron chi connectivity index (χ3n) is 5.62. The maximum Gasteiger partial charge on any atom is 0.410 e. The standard InChI is InChI=1S/C25H29FN4O5S/c1-14-19-21(27-13-28-22(19)36-20(14)23(31)33-5)29-17-9-8-15(26)11-18(17)34-16-7-6-10-30(12-16)24(32)35-25(2,3)4/h8-9,11,13,16H,6-7,10,12H2,1-5H3,(H,27,28,29)/t16-/m1/s1. The minimum atomic E-state index is -0.596. The van der Waals surface area contributed by atoms with Gasteiger partial charge in [-0.25, -0.2) is 23.9 Å². The predicted octanol–water partition coefficient (Wildman–Crippen LogP) is 5.45. The van der Waals surface area contributed by atoms with E-state index in [2.05, 4.69) is 15.3 Å². The van der Waals surface area contributed by atoms with Crippen molar-refractivity contribution in [3.05, 3.63) is 40.8 Å². The van der Waals surface area contributed by atoms with Gasteiger partial charge in [-0.1, -0.05) is 0 Å². The summed E-state index contributed by atoms with van der Waals surface area (Å²) in [5, 5.41) is 3.89.